The Labute approximate surface area is 130 Å². The molecule has 4 aliphatic carbocycles. The average molecular weight is 301 g/mol. The minimum Gasteiger partial charge on any atom is -0.387 e. The molecule has 0 spiro atoms. The summed E-state index contributed by atoms with van der Waals surface area (Å²) in [5.41, 5.74) is 7.39. The number of amidine groups is 1. The van der Waals surface area contributed by atoms with Gasteiger partial charge < -0.3 is 10.3 Å². The van der Waals surface area contributed by atoms with E-state index < -0.39 is 0 Å². The fraction of sp³-hybridized carbons (Fsp3) is 0.706. The van der Waals surface area contributed by atoms with Crippen LogP contribution in [0.4, 0.5) is 0 Å². The van der Waals surface area contributed by atoms with Gasteiger partial charge in [-0.05, 0) is 70.1 Å². The number of hydrogen-bond donors (Lipinski definition) is 1. The van der Waals surface area contributed by atoms with Crippen molar-refractivity contribution >= 4 is 11.7 Å². The predicted octanol–water partition coefficient (Wildman–Crippen LogP) is 3.01. The zero-order valence-electron chi connectivity index (χ0n) is 13.3. The van der Waals surface area contributed by atoms with Gasteiger partial charge in [-0.1, -0.05) is 5.16 Å². The van der Waals surface area contributed by atoms with Crippen LogP contribution in [0, 0.1) is 37.0 Å². The Hall–Kier alpha value is -1.65. The van der Waals surface area contributed by atoms with Gasteiger partial charge in [0.05, 0.1) is 5.69 Å². The van der Waals surface area contributed by atoms with E-state index in [4.69, 9.17) is 10.3 Å². The summed E-state index contributed by atoms with van der Waals surface area (Å²) >= 11 is 0. The molecule has 1 aromatic rings. The molecule has 0 aliphatic heterocycles. The molecule has 5 nitrogen and oxygen atoms in total. The summed E-state index contributed by atoms with van der Waals surface area (Å²) in [5.74, 6) is 3.13. The van der Waals surface area contributed by atoms with E-state index in [0.29, 0.717) is 22.9 Å². The van der Waals surface area contributed by atoms with Crippen molar-refractivity contribution in [3.8, 4) is 0 Å². The highest BCUT2D eigenvalue weighted by Crippen LogP contribution is 2.60. The largest absolute Gasteiger partial charge is 0.387 e. The Balaban J connectivity index is 1.64. The van der Waals surface area contributed by atoms with E-state index in [0.717, 1.165) is 37.0 Å². The molecular formula is C17H23N3O2. The number of amides is 1. The van der Waals surface area contributed by atoms with E-state index in [1.807, 2.05) is 0 Å². The van der Waals surface area contributed by atoms with Crippen molar-refractivity contribution in [1.29, 1.82) is 0 Å². The quantitative estimate of drug-likeness (QED) is 0.672. The molecule has 0 radical (unpaired) electrons. The van der Waals surface area contributed by atoms with Crippen molar-refractivity contribution in [2.24, 2.45) is 33.9 Å². The number of aliphatic imine (C=N–C) groups is 1. The van der Waals surface area contributed by atoms with Crippen molar-refractivity contribution in [2.75, 3.05) is 0 Å². The lowest BCUT2D eigenvalue weighted by Gasteiger charge is -2.56. The lowest BCUT2D eigenvalue weighted by molar-refractivity contribution is -0.0130. The molecule has 0 saturated heterocycles. The zero-order chi connectivity index (χ0) is 15.5. The molecular weight excluding hydrogens is 278 g/mol. The van der Waals surface area contributed by atoms with Gasteiger partial charge in [0.25, 0.3) is 5.91 Å². The summed E-state index contributed by atoms with van der Waals surface area (Å²) in [6, 6.07) is 0. The molecule has 1 amide bonds. The van der Waals surface area contributed by atoms with Gasteiger partial charge in [0, 0.05) is 5.41 Å². The van der Waals surface area contributed by atoms with Crippen LogP contribution in [-0.2, 0) is 0 Å². The van der Waals surface area contributed by atoms with Gasteiger partial charge in [-0.25, -0.2) is 0 Å². The van der Waals surface area contributed by atoms with Gasteiger partial charge in [0.2, 0.25) is 0 Å². The summed E-state index contributed by atoms with van der Waals surface area (Å²) in [5, 5.41) is 3.83. The van der Waals surface area contributed by atoms with Crippen LogP contribution in [0.2, 0.25) is 0 Å². The second-order valence-electron chi connectivity index (χ2n) is 7.70. The number of nitrogens with zero attached hydrogens (tertiary/aromatic N) is 2. The number of hydrogen-bond acceptors (Lipinski definition) is 3. The third kappa shape index (κ3) is 2.02. The van der Waals surface area contributed by atoms with E-state index in [1.54, 1.807) is 13.8 Å². The highest BCUT2D eigenvalue weighted by Gasteiger charge is 2.53. The molecule has 4 saturated carbocycles. The molecule has 5 heteroatoms. The molecule has 0 atom stereocenters. The van der Waals surface area contributed by atoms with Crippen molar-refractivity contribution < 1.29 is 9.32 Å². The number of carbonyl (C=O) groups excluding carboxylic acids is 1. The van der Waals surface area contributed by atoms with Gasteiger partial charge in [0.15, 0.2) is 0 Å². The molecule has 4 fully saturated rings. The number of nitrogens with two attached hydrogens (primary N) is 1. The maximum absolute atomic E-state index is 12.5. The minimum atomic E-state index is -0.301. The molecule has 118 valence electrons. The molecule has 4 bridgehead atoms. The summed E-state index contributed by atoms with van der Waals surface area (Å²) in [6.07, 6.45) is 7.40. The molecule has 0 unspecified atom stereocenters. The highest BCUT2D eigenvalue weighted by atomic mass is 16.5. The van der Waals surface area contributed by atoms with Crippen LogP contribution in [0.25, 0.3) is 0 Å². The minimum absolute atomic E-state index is 0.0244. The number of aryl methyl sites for hydroxylation is 2. The van der Waals surface area contributed by atoms with Crippen molar-refractivity contribution in [3.05, 3.63) is 17.0 Å². The van der Waals surface area contributed by atoms with E-state index in [-0.39, 0.29) is 11.3 Å². The van der Waals surface area contributed by atoms with Gasteiger partial charge in [-0.3, -0.25) is 4.79 Å². The predicted molar refractivity (Wildman–Crippen MR) is 82.5 cm³/mol. The SMILES string of the molecule is Cc1noc(C)c1C(=O)N=C(N)C12CC3CC(CC(C3)C1)C2. The van der Waals surface area contributed by atoms with Gasteiger partial charge in [-0.15, -0.1) is 0 Å². The second kappa shape index (κ2) is 4.67. The third-order valence-corrected chi connectivity index (χ3v) is 6.05. The number of rotatable bonds is 2. The van der Waals surface area contributed by atoms with Gasteiger partial charge in [0.1, 0.15) is 17.2 Å². The van der Waals surface area contributed by atoms with E-state index in [1.165, 1.54) is 19.3 Å². The van der Waals surface area contributed by atoms with Gasteiger partial charge in [-0.2, -0.15) is 4.99 Å². The summed E-state index contributed by atoms with van der Waals surface area (Å²) in [7, 11) is 0. The highest BCUT2D eigenvalue weighted by molar-refractivity contribution is 6.05. The summed E-state index contributed by atoms with van der Waals surface area (Å²) in [4.78, 5) is 16.8. The molecule has 0 aromatic carbocycles. The first-order valence-corrected chi connectivity index (χ1v) is 8.29. The topological polar surface area (TPSA) is 81.5 Å². The standard InChI is InChI=1S/C17H23N3O2/c1-9-14(10(2)22-20-9)15(21)19-16(18)17-6-11-3-12(7-17)5-13(4-11)8-17/h11-13H,3-8H2,1-2H3,(H2,18,19,21). The van der Waals surface area contributed by atoms with E-state index >= 15 is 0 Å². The molecule has 5 rings (SSSR count). The first-order valence-electron chi connectivity index (χ1n) is 8.29. The van der Waals surface area contributed by atoms with E-state index in [9.17, 15) is 4.79 Å². The number of aromatic nitrogens is 1. The Morgan fingerprint density at radius 1 is 1.18 bits per heavy atom. The lowest BCUT2D eigenvalue weighted by Crippen LogP contribution is -2.52. The van der Waals surface area contributed by atoms with Crippen LogP contribution in [0.5, 0.6) is 0 Å². The van der Waals surface area contributed by atoms with Crippen molar-refractivity contribution in [3.63, 3.8) is 0 Å². The first-order chi connectivity index (χ1) is 10.5. The zero-order valence-corrected chi connectivity index (χ0v) is 13.3. The number of carbonyl (C=O) groups is 1. The fourth-order valence-corrected chi connectivity index (χ4v) is 5.50. The molecule has 2 N–H and O–H groups in total. The fourth-order valence-electron chi connectivity index (χ4n) is 5.50. The molecule has 1 aromatic heterocycles. The Morgan fingerprint density at radius 2 is 1.73 bits per heavy atom. The van der Waals surface area contributed by atoms with Crippen LogP contribution >= 0.6 is 0 Å². The van der Waals surface area contributed by atoms with Crippen LogP contribution in [0.1, 0.15) is 60.3 Å². The van der Waals surface area contributed by atoms with E-state index in [2.05, 4.69) is 10.1 Å². The second-order valence-corrected chi connectivity index (χ2v) is 7.70. The summed E-state index contributed by atoms with van der Waals surface area (Å²) in [6.45, 7) is 3.50. The van der Waals surface area contributed by atoms with Crippen molar-refractivity contribution in [1.82, 2.24) is 5.16 Å². The van der Waals surface area contributed by atoms with Crippen LogP contribution in [-0.4, -0.2) is 16.9 Å². The van der Waals surface area contributed by atoms with Crippen molar-refractivity contribution in [2.45, 2.75) is 52.4 Å². The smallest absolute Gasteiger partial charge is 0.284 e. The normalized spacial score (nSPS) is 36.8. The lowest BCUT2D eigenvalue weighted by atomic mass is 9.49. The Kier molecular flexibility index (Phi) is 2.97. The first kappa shape index (κ1) is 14.0. The van der Waals surface area contributed by atoms with Crippen LogP contribution in [0.15, 0.2) is 9.52 Å². The Bertz CT molecular complexity index is 604. The Morgan fingerprint density at radius 3 is 2.18 bits per heavy atom. The average Bonchev–Trinajstić information content (AvgIpc) is 2.76. The maximum Gasteiger partial charge on any atom is 0.284 e. The molecule has 1 heterocycles. The van der Waals surface area contributed by atoms with Crippen LogP contribution in [0.3, 0.4) is 0 Å². The van der Waals surface area contributed by atoms with Gasteiger partial charge >= 0.3 is 0 Å². The summed E-state index contributed by atoms with van der Waals surface area (Å²) < 4.78 is 5.07. The molecule has 22 heavy (non-hydrogen) atoms. The molecule has 4 aliphatic rings. The third-order valence-electron chi connectivity index (χ3n) is 6.05. The van der Waals surface area contributed by atoms with Crippen LogP contribution < -0.4 is 5.73 Å². The maximum atomic E-state index is 12.5. The monoisotopic (exact) mass is 301 g/mol.